The SMILES string of the molecule is CC[C@H](NC(=O)/C(=C/c1ccco1)NC(=O)c1ccccc1C)c1ccc(C)c(C)c1. The van der Waals surface area contributed by atoms with Crippen LogP contribution in [0.1, 0.15) is 57.8 Å². The number of aryl methyl sites for hydroxylation is 3. The van der Waals surface area contributed by atoms with Gasteiger partial charge in [0.25, 0.3) is 11.8 Å². The molecule has 1 aromatic heterocycles. The zero-order valence-electron chi connectivity index (χ0n) is 18.4. The molecule has 31 heavy (non-hydrogen) atoms. The highest BCUT2D eigenvalue weighted by Crippen LogP contribution is 2.20. The van der Waals surface area contributed by atoms with E-state index in [4.69, 9.17) is 4.42 Å². The van der Waals surface area contributed by atoms with E-state index in [2.05, 4.69) is 36.6 Å². The number of nitrogens with one attached hydrogen (secondary N) is 2. The number of rotatable bonds is 7. The van der Waals surface area contributed by atoms with Gasteiger partial charge < -0.3 is 15.1 Å². The monoisotopic (exact) mass is 416 g/mol. The third-order valence-corrected chi connectivity index (χ3v) is 5.36. The van der Waals surface area contributed by atoms with Crippen LogP contribution in [0.15, 0.2) is 71.0 Å². The van der Waals surface area contributed by atoms with Gasteiger partial charge in [-0.15, -0.1) is 0 Å². The minimum Gasteiger partial charge on any atom is -0.465 e. The van der Waals surface area contributed by atoms with Crippen molar-refractivity contribution in [3.05, 3.63) is 100 Å². The molecule has 2 N–H and O–H groups in total. The molecule has 3 rings (SSSR count). The summed E-state index contributed by atoms with van der Waals surface area (Å²) in [6.45, 7) is 7.99. The van der Waals surface area contributed by atoms with Crippen molar-refractivity contribution < 1.29 is 14.0 Å². The standard InChI is InChI=1S/C26H28N2O3/c1-5-23(20-13-12-17(2)19(4)15-20)27-26(30)24(16-21-10-8-14-31-21)28-25(29)22-11-7-6-9-18(22)3/h6-16,23H,5H2,1-4H3,(H,27,30)(H,28,29)/b24-16-/t23-/m0/s1. The van der Waals surface area contributed by atoms with Crippen LogP contribution in [0.2, 0.25) is 0 Å². The van der Waals surface area contributed by atoms with E-state index in [1.54, 1.807) is 30.3 Å². The van der Waals surface area contributed by atoms with E-state index in [9.17, 15) is 9.59 Å². The maximum Gasteiger partial charge on any atom is 0.268 e. The second-order valence-corrected chi connectivity index (χ2v) is 7.62. The van der Waals surface area contributed by atoms with Crippen molar-refractivity contribution in [1.82, 2.24) is 10.6 Å². The molecule has 3 aromatic rings. The van der Waals surface area contributed by atoms with Gasteiger partial charge in [-0.1, -0.05) is 43.3 Å². The minimum atomic E-state index is -0.372. The molecule has 5 heteroatoms. The largest absolute Gasteiger partial charge is 0.465 e. The van der Waals surface area contributed by atoms with Crippen molar-refractivity contribution >= 4 is 17.9 Å². The Morgan fingerprint density at radius 3 is 2.39 bits per heavy atom. The molecule has 0 spiro atoms. The third-order valence-electron chi connectivity index (χ3n) is 5.36. The smallest absolute Gasteiger partial charge is 0.268 e. The molecule has 2 aromatic carbocycles. The van der Waals surface area contributed by atoms with Gasteiger partial charge in [0.1, 0.15) is 11.5 Å². The zero-order valence-corrected chi connectivity index (χ0v) is 18.4. The fourth-order valence-corrected chi connectivity index (χ4v) is 3.33. The maximum atomic E-state index is 13.2. The van der Waals surface area contributed by atoms with Crippen LogP contribution in [0.4, 0.5) is 0 Å². The highest BCUT2D eigenvalue weighted by molar-refractivity contribution is 6.05. The Morgan fingerprint density at radius 2 is 1.74 bits per heavy atom. The normalized spacial score (nSPS) is 12.3. The number of amides is 2. The van der Waals surface area contributed by atoms with Gasteiger partial charge in [0.2, 0.25) is 0 Å². The Balaban J connectivity index is 1.86. The molecule has 0 bridgehead atoms. The average molecular weight is 417 g/mol. The molecule has 0 aliphatic heterocycles. The van der Waals surface area contributed by atoms with Gasteiger partial charge >= 0.3 is 0 Å². The molecule has 5 nitrogen and oxygen atoms in total. The summed E-state index contributed by atoms with van der Waals surface area (Å²) in [6.07, 6.45) is 3.78. The molecule has 0 saturated heterocycles. The fraction of sp³-hybridized carbons (Fsp3) is 0.231. The molecule has 0 saturated carbocycles. The lowest BCUT2D eigenvalue weighted by atomic mass is 9.99. The van der Waals surface area contributed by atoms with Crippen LogP contribution in [0.5, 0.6) is 0 Å². The Labute approximate surface area is 183 Å². The van der Waals surface area contributed by atoms with E-state index < -0.39 is 0 Å². The minimum absolute atomic E-state index is 0.130. The van der Waals surface area contributed by atoms with Crippen LogP contribution in [-0.2, 0) is 4.79 Å². The number of hydrogen-bond acceptors (Lipinski definition) is 3. The van der Waals surface area contributed by atoms with Gasteiger partial charge in [0, 0.05) is 11.6 Å². The molecular formula is C26H28N2O3. The van der Waals surface area contributed by atoms with Crippen LogP contribution in [0.25, 0.3) is 6.08 Å². The van der Waals surface area contributed by atoms with Gasteiger partial charge in [0.05, 0.1) is 12.3 Å². The van der Waals surface area contributed by atoms with Crippen molar-refractivity contribution in [3.8, 4) is 0 Å². The van der Waals surface area contributed by atoms with Crippen molar-refractivity contribution in [3.63, 3.8) is 0 Å². The zero-order chi connectivity index (χ0) is 22.4. The quantitative estimate of drug-likeness (QED) is 0.517. The lowest BCUT2D eigenvalue weighted by Gasteiger charge is -2.20. The molecule has 1 atom stereocenters. The molecule has 160 valence electrons. The van der Waals surface area contributed by atoms with E-state index in [-0.39, 0.29) is 23.6 Å². The number of furan rings is 1. The average Bonchev–Trinajstić information content (AvgIpc) is 3.27. The summed E-state index contributed by atoms with van der Waals surface area (Å²) in [6, 6.07) is 16.7. The van der Waals surface area contributed by atoms with Gasteiger partial charge in [-0.3, -0.25) is 9.59 Å². The summed E-state index contributed by atoms with van der Waals surface area (Å²) >= 11 is 0. The summed E-state index contributed by atoms with van der Waals surface area (Å²) < 4.78 is 5.36. The predicted octanol–water partition coefficient (Wildman–Crippen LogP) is 5.24. The second kappa shape index (κ2) is 9.94. The first-order chi connectivity index (χ1) is 14.9. The first-order valence-corrected chi connectivity index (χ1v) is 10.4. The van der Waals surface area contributed by atoms with E-state index in [0.29, 0.717) is 17.7 Å². The highest BCUT2D eigenvalue weighted by atomic mass is 16.3. The van der Waals surface area contributed by atoms with E-state index in [0.717, 1.165) is 11.1 Å². The Bertz CT molecular complexity index is 1100. The molecule has 0 fully saturated rings. The van der Waals surface area contributed by atoms with Crippen LogP contribution in [0, 0.1) is 20.8 Å². The number of benzene rings is 2. The van der Waals surface area contributed by atoms with Gasteiger partial charge in [-0.2, -0.15) is 0 Å². The highest BCUT2D eigenvalue weighted by Gasteiger charge is 2.20. The lowest BCUT2D eigenvalue weighted by molar-refractivity contribution is -0.118. The Kier molecular flexibility index (Phi) is 7.08. The fourth-order valence-electron chi connectivity index (χ4n) is 3.33. The predicted molar refractivity (Wildman–Crippen MR) is 122 cm³/mol. The molecule has 0 aliphatic carbocycles. The van der Waals surface area contributed by atoms with Crippen molar-refractivity contribution in [2.75, 3.05) is 0 Å². The number of hydrogen-bond donors (Lipinski definition) is 2. The summed E-state index contributed by atoms with van der Waals surface area (Å²) in [7, 11) is 0. The molecule has 0 radical (unpaired) electrons. The second-order valence-electron chi connectivity index (χ2n) is 7.62. The van der Waals surface area contributed by atoms with Gasteiger partial charge in [-0.05, 0) is 67.6 Å². The van der Waals surface area contributed by atoms with E-state index >= 15 is 0 Å². The molecule has 2 amide bonds. The van der Waals surface area contributed by atoms with Crippen LogP contribution in [0.3, 0.4) is 0 Å². The maximum absolute atomic E-state index is 13.2. The summed E-state index contributed by atoms with van der Waals surface area (Å²) in [5.74, 6) is -0.233. The van der Waals surface area contributed by atoms with E-state index in [1.807, 2.05) is 32.0 Å². The summed E-state index contributed by atoms with van der Waals surface area (Å²) in [5, 5.41) is 5.81. The van der Waals surface area contributed by atoms with Gasteiger partial charge in [-0.25, -0.2) is 0 Å². The molecule has 1 heterocycles. The number of carbonyl (C=O) groups is 2. The van der Waals surface area contributed by atoms with Crippen LogP contribution in [-0.4, -0.2) is 11.8 Å². The molecule has 0 unspecified atom stereocenters. The lowest BCUT2D eigenvalue weighted by Crippen LogP contribution is -2.37. The van der Waals surface area contributed by atoms with Crippen LogP contribution < -0.4 is 10.6 Å². The summed E-state index contributed by atoms with van der Waals surface area (Å²) in [5.41, 5.74) is 4.88. The Hall–Kier alpha value is -3.60. The summed E-state index contributed by atoms with van der Waals surface area (Å²) in [4.78, 5) is 26.0. The topological polar surface area (TPSA) is 71.3 Å². The first kappa shape index (κ1) is 22.1. The third kappa shape index (κ3) is 5.51. The Morgan fingerprint density at radius 1 is 0.968 bits per heavy atom. The number of carbonyl (C=O) groups excluding carboxylic acids is 2. The van der Waals surface area contributed by atoms with Gasteiger partial charge in [0.15, 0.2) is 0 Å². The van der Waals surface area contributed by atoms with E-state index in [1.165, 1.54) is 17.4 Å². The van der Waals surface area contributed by atoms with Crippen LogP contribution >= 0.6 is 0 Å². The first-order valence-electron chi connectivity index (χ1n) is 10.4. The van der Waals surface area contributed by atoms with Crippen molar-refractivity contribution in [2.45, 2.75) is 40.2 Å². The molecular weight excluding hydrogens is 388 g/mol. The van der Waals surface area contributed by atoms with Crippen molar-refractivity contribution in [2.24, 2.45) is 0 Å². The van der Waals surface area contributed by atoms with Crippen molar-refractivity contribution in [1.29, 1.82) is 0 Å². The molecule has 0 aliphatic rings.